The minimum absolute atomic E-state index is 0.0346. The number of epoxide rings is 1. The first-order valence-electron chi connectivity index (χ1n) is 10.4. The molecule has 0 aromatic heterocycles. The van der Waals surface area contributed by atoms with Gasteiger partial charge < -0.3 is 9.62 Å². The highest BCUT2D eigenvalue weighted by Crippen LogP contribution is 2.35. The van der Waals surface area contributed by atoms with Crippen molar-refractivity contribution in [2.24, 2.45) is 0 Å². The summed E-state index contributed by atoms with van der Waals surface area (Å²) in [5.41, 5.74) is 0. The molecule has 0 radical (unpaired) electrons. The van der Waals surface area contributed by atoms with Crippen LogP contribution in [0.5, 0.6) is 0 Å². The van der Waals surface area contributed by atoms with Crippen molar-refractivity contribution in [3.63, 3.8) is 0 Å². The maximum absolute atomic E-state index is 11.7. The van der Waals surface area contributed by atoms with Gasteiger partial charge in [0.15, 0.2) is 0 Å². The molecule has 1 aliphatic heterocycles. The molecule has 0 spiro atoms. The van der Waals surface area contributed by atoms with Crippen LogP contribution in [0.1, 0.15) is 96.8 Å². The molecular weight excluding hydrogens is 372 g/mol. The van der Waals surface area contributed by atoms with Gasteiger partial charge in [0.25, 0.3) is 10.1 Å². The summed E-state index contributed by atoms with van der Waals surface area (Å²) in [7, 11) is -4.10. The van der Waals surface area contributed by atoms with Crippen molar-refractivity contribution in [1.29, 1.82) is 0 Å². The Hall–Kier alpha value is -0.700. The third-order valence-electron chi connectivity index (χ3n) is 5.18. The summed E-state index contributed by atoms with van der Waals surface area (Å²) in [4.78, 5) is 14.4. The van der Waals surface area contributed by atoms with Crippen LogP contribution in [0.4, 0.5) is 0 Å². The highest BCUT2D eigenvalue weighted by atomic mass is 32.2. The van der Waals surface area contributed by atoms with E-state index >= 15 is 0 Å². The molecule has 1 saturated heterocycles. The lowest BCUT2D eigenvalue weighted by Gasteiger charge is -2.11. The Balaban J connectivity index is 2.17. The Kier molecular flexibility index (Phi) is 12.1. The predicted octanol–water partition coefficient (Wildman–Crippen LogP) is 4.51. The first-order valence-corrected chi connectivity index (χ1v) is 11.9. The molecule has 0 amide bonds. The van der Waals surface area contributed by atoms with Gasteiger partial charge >= 0.3 is 5.97 Å². The average Bonchev–Trinajstić information content (AvgIpc) is 3.37. The quantitative estimate of drug-likeness (QED) is 0.120. The maximum Gasteiger partial charge on any atom is 0.342 e. The molecule has 1 rings (SSSR count). The van der Waals surface area contributed by atoms with Gasteiger partial charge in [-0.2, -0.15) is 13.7 Å². The number of hydrogen-bond acceptors (Lipinski definition) is 6. The van der Waals surface area contributed by atoms with Gasteiger partial charge in [-0.15, -0.1) is 0 Å². The molecule has 7 nitrogen and oxygen atoms in total. The third kappa shape index (κ3) is 11.0. The van der Waals surface area contributed by atoms with Crippen LogP contribution in [0, 0.1) is 0 Å². The van der Waals surface area contributed by atoms with Crippen LogP contribution in [-0.2, 0) is 24.5 Å². The van der Waals surface area contributed by atoms with E-state index < -0.39 is 21.3 Å². The molecule has 27 heavy (non-hydrogen) atoms. The Labute approximate surface area is 163 Å². The highest BCUT2D eigenvalue weighted by Gasteiger charge is 2.48. The maximum atomic E-state index is 11.7. The molecule has 1 heterocycles. The van der Waals surface area contributed by atoms with Gasteiger partial charge in [-0.25, -0.2) is 4.79 Å². The summed E-state index contributed by atoms with van der Waals surface area (Å²) in [6.45, 7) is 2.19. The second-order valence-electron chi connectivity index (χ2n) is 7.52. The summed E-state index contributed by atoms with van der Waals surface area (Å²) < 4.78 is 38.4. The zero-order chi connectivity index (χ0) is 20.1. The van der Waals surface area contributed by atoms with E-state index in [1.165, 1.54) is 25.7 Å². The van der Waals surface area contributed by atoms with E-state index in [1.807, 2.05) is 0 Å². The highest BCUT2D eigenvalue weighted by molar-refractivity contribution is 7.86. The zero-order valence-corrected chi connectivity index (χ0v) is 17.3. The van der Waals surface area contributed by atoms with Gasteiger partial charge in [-0.05, 0) is 19.3 Å². The molecule has 3 atom stereocenters. The topological polar surface area (TPSA) is 113 Å². The van der Waals surface area contributed by atoms with Crippen molar-refractivity contribution in [2.45, 2.75) is 114 Å². The number of carbonyl (C=O) groups excluding carboxylic acids is 1. The smallest absolute Gasteiger partial charge is 0.342 e. The molecule has 2 N–H and O–H groups in total. The van der Waals surface area contributed by atoms with Crippen molar-refractivity contribution >= 4 is 16.1 Å². The molecule has 1 fully saturated rings. The number of unbranched alkanes of at least 4 members (excludes halogenated alkanes) is 9. The van der Waals surface area contributed by atoms with Crippen LogP contribution >= 0.6 is 0 Å². The molecule has 0 aromatic rings. The van der Waals surface area contributed by atoms with Gasteiger partial charge in [0, 0.05) is 6.42 Å². The summed E-state index contributed by atoms with van der Waals surface area (Å²) in [5, 5.41) is 7.33. The van der Waals surface area contributed by atoms with Gasteiger partial charge in [0.1, 0.15) is 11.4 Å². The van der Waals surface area contributed by atoms with Gasteiger partial charge in [0.05, 0.1) is 6.10 Å². The summed E-state index contributed by atoms with van der Waals surface area (Å²) >= 11 is 0. The lowest BCUT2D eigenvalue weighted by Crippen LogP contribution is -2.27. The Morgan fingerprint density at radius 3 is 2.22 bits per heavy atom. The fourth-order valence-corrected chi connectivity index (χ4v) is 4.56. The Bertz CT molecular complexity index is 506. The van der Waals surface area contributed by atoms with Crippen LogP contribution in [-0.4, -0.2) is 41.7 Å². The van der Waals surface area contributed by atoms with E-state index in [9.17, 15) is 17.8 Å². The van der Waals surface area contributed by atoms with Crippen LogP contribution in [0.2, 0.25) is 0 Å². The second-order valence-corrected chi connectivity index (χ2v) is 9.15. The molecule has 1 aliphatic rings. The van der Waals surface area contributed by atoms with Crippen LogP contribution < -0.4 is 0 Å². The lowest BCUT2D eigenvalue weighted by molar-refractivity contribution is -0.234. The van der Waals surface area contributed by atoms with E-state index in [2.05, 4.69) is 11.8 Å². The molecule has 160 valence electrons. The molecule has 0 bridgehead atoms. The van der Waals surface area contributed by atoms with Crippen molar-refractivity contribution in [1.82, 2.24) is 0 Å². The van der Waals surface area contributed by atoms with E-state index in [1.54, 1.807) is 0 Å². The molecule has 3 unspecified atom stereocenters. The SMILES string of the molecule is CCCCCCCCC1OC1C(CCCCCCCC(=O)OO)S(=O)(=O)O. The van der Waals surface area contributed by atoms with E-state index in [0.717, 1.165) is 38.5 Å². The van der Waals surface area contributed by atoms with Crippen LogP contribution in [0.3, 0.4) is 0 Å². The van der Waals surface area contributed by atoms with Gasteiger partial charge in [0.2, 0.25) is 0 Å². The minimum atomic E-state index is -4.10. The number of ether oxygens (including phenoxy) is 1. The van der Waals surface area contributed by atoms with Crippen LogP contribution in [0.15, 0.2) is 0 Å². The minimum Gasteiger partial charge on any atom is -0.368 e. The molecular formula is C19H36O7S. The third-order valence-corrected chi connectivity index (χ3v) is 6.45. The molecule has 0 saturated carbocycles. The van der Waals surface area contributed by atoms with E-state index in [4.69, 9.17) is 9.99 Å². The van der Waals surface area contributed by atoms with Crippen molar-refractivity contribution in [3.05, 3.63) is 0 Å². The normalized spacial score (nSPS) is 20.4. The van der Waals surface area contributed by atoms with Crippen molar-refractivity contribution in [3.8, 4) is 0 Å². The standard InChI is InChI=1S/C19H36O7S/c1-2-3-4-5-7-10-13-16-19(25-16)17(27(22,23)24)14-11-8-6-9-12-15-18(20)26-21/h16-17,19,21H,2-15H2,1H3,(H,22,23,24). The lowest BCUT2D eigenvalue weighted by atomic mass is 10.0. The van der Waals surface area contributed by atoms with E-state index in [-0.39, 0.29) is 18.6 Å². The number of hydrogen-bond donors (Lipinski definition) is 2. The first-order chi connectivity index (χ1) is 12.9. The number of rotatable bonds is 17. The predicted molar refractivity (Wildman–Crippen MR) is 103 cm³/mol. The van der Waals surface area contributed by atoms with Crippen molar-refractivity contribution in [2.75, 3.05) is 0 Å². The van der Waals surface area contributed by atoms with Gasteiger partial charge in [-0.3, -0.25) is 4.55 Å². The monoisotopic (exact) mass is 408 g/mol. The summed E-state index contributed by atoms with van der Waals surface area (Å²) in [6, 6.07) is 0. The summed E-state index contributed by atoms with van der Waals surface area (Å²) in [5.74, 6) is -0.635. The Morgan fingerprint density at radius 1 is 1.00 bits per heavy atom. The van der Waals surface area contributed by atoms with Crippen LogP contribution in [0.25, 0.3) is 0 Å². The average molecular weight is 409 g/mol. The zero-order valence-electron chi connectivity index (χ0n) is 16.5. The largest absolute Gasteiger partial charge is 0.368 e. The fourth-order valence-electron chi connectivity index (χ4n) is 3.52. The second kappa shape index (κ2) is 13.5. The Morgan fingerprint density at radius 2 is 1.59 bits per heavy atom. The molecule has 0 aromatic carbocycles. The summed E-state index contributed by atoms with van der Waals surface area (Å²) in [6.07, 6.45) is 12.0. The molecule has 8 heteroatoms. The van der Waals surface area contributed by atoms with Crippen molar-refractivity contribution < 1.29 is 32.6 Å². The van der Waals surface area contributed by atoms with Gasteiger partial charge in [-0.1, -0.05) is 71.1 Å². The fraction of sp³-hybridized carbons (Fsp3) is 0.947. The first kappa shape index (κ1) is 24.3. The van der Waals surface area contributed by atoms with E-state index in [0.29, 0.717) is 19.3 Å². The molecule has 0 aliphatic carbocycles. The number of carbonyl (C=O) groups is 1.